The number of aromatic nitrogens is 2. The van der Waals surface area contributed by atoms with Crippen LogP contribution in [0.5, 0.6) is 0 Å². The molecule has 0 spiro atoms. The van der Waals surface area contributed by atoms with E-state index >= 15 is 0 Å². The molecule has 3 aromatic heterocycles. The highest BCUT2D eigenvalue weighted by Gasteiger charge is 2.23. The highest BCUT2D eigenvalue weighted by molar-refractivity contribution is 7.18. The molecule has 3 heterocycles. The molecule has 6 nitrogen and oxygen atoms in total. The minimum Gasteiger partial charge on any atom is -0.465 e. The van der Waals surface area contributed by atoms with Crippen LogP contribution in [0.15, 0.2) is 21.6 Å². The average Bonchev–Trinajstić information content (AvgIpc) is 3.16. The quantitative estimate of drug-likeness (QED) is 0.660. The molecule has 0 aromatic carbocycles. The van der Waals surface area contributed by atoms with Gasteiger partial charge in [-0.25, -0.2) is 9.78 Å². The molecule has 0 amide bonds. The zero-order valence-electron chi connectivity index (χ0n) is 15.0. The Morgan fingerprint density at radius 1 is 1.50 bits per heavy atom. The first-order chi connectivity index (χ1) is 12.5. The fourth-order valence-corrected chi connectivity index (χ4v) is 4.92. The van der Waals surface area contributed by atoms with E-state index in [1.54, 1.807) is 35.2 Å². The minimum absolute atomic E-state index is 0.0456. The summed E-state index contributed by atoms with van der Waals surface area (Å²) in [5, 5.41) is 0.746. The summed E-state index contributed by atoms with van der Waals surface area (Å²) in [4.78, 5) is 31.4. The zero-order chi connectivity index (χ0) is 18.4. The molecule has 4 rings (SSSR count). The predicted octanol–water partition coefficient (Wildman–Crippen LogP) is 3.32. The topological polar surface area (TPSA) is 74.3 Å². The zero-order valence-corrected chi connectivity index (χ0v) is 15.8. The first-order valence-electron chi connectivity index (χ1n) is 8.65. The normalized spacial score (nSPS) is 16.7. The molecule has 0 fully saturated rings. The number of hydrogen-bond donors (Lipinski definition) is 0. The lowest BCUT2D eigenvalue weighted by atomic mass is 9.89. The molecule has 0 N–H and O–H groups in total. The van der Waals surface area contributed by atoms with Gasteiger partial charge in [0, 0.05) is 4.88 Å². The first-order valence-corrected chi connectivity index (χ1v) is 9.47. The molecule has 0 aliphatic heterocycles. The lowest BCUT2D eigenvalue weighted by Gasteiger charge is -2.17. The van der Waals surface area contributed by atoms with Crippen molar-refractivity contribution in [3.8, 4) is 0 Å². The van der Waals surface area contributed by atoms with Gasteiger partial charge in [0.2, 0.25) is 0 Å². The molecule has 0 saturated heterocycles. The molecule has 7 heteroatoms. The summed E-state index contributed by atoms with van der Waals surface area (Å²) in [6.07, 6.45) is 4.62. The molecule has 0 bridgehead atoms. The van der Waals surface area contributed by atoms with Crippen LogP contribution >= 0.6 is 11.3 Å². The van der Waals surface area contributed by atoms with E-state index in [2.05, 4.69) is 11.9 Å². The van der Waals surface area contributed by atoms with Gasteiger partial charge in [0.05, 0.1) is 25.4 Å². The van der Waals surface area contributed by atoms with Crippen molar-refractivity contribution in [2.75, 3.05) is 7.11 Å². The van der Waals surface area contributed by atoms with Gasteiger partial charge in [0.25, 0.3) is 5.56 Å². The smallest absolute Gasteiger partial charge is 0.341 e. The van der Waals surface area contributed by atoms with E-state index in [1.165, 1.54) is 17.6 Å². The summed E-state index contributed by atoms with van der Waals surface area (Å²) < 4.78 is 11.9. The standard InChI is InChI=1S/C19H20N2O4S/c1-10-4-5-13-15(6-10)26-17-16(13)18(22)21(9-20-17)8-12-7-14(11(2)25-12)19(23)24-3/h7,9-10H,4-6,8H2,1-3H3/t10-/m1/s1. The Hall–Kier alpha value is -2.41. The summed E-state index contributed by atoms with van der Waals surface area (Å²) in [6.45, 7) is 4.19. The Kier molecular flexibility index (Phi) is 4.19. The number of carbonyl (C=O) groups excluding carboxylic acids is 1. The molecule has 0 unspecified atom stereocenters. The highest BCUT2D eigenvalue weighted by Crippen LogP contribution is 2.35. The Bertz CT molecular complexity index is 1060. The van der Waals surface area contributed by atoms with Crippen molar-refractivity contribution in [2.24, 2.45) is 5.92 Å². The monoisotopic (exact) mass is 372 g/mol. The highest BCUT2D eigenvalue weighted by atomic mass is 32.1. The number of aryl methyl sites for hydroxylation is 2. The maximum absolute atomic E-state index is 13.0. The molecule has 0 saturated carbocycles. The van der Waals surface area contributed by atoms with Gasteiger partial charge in [0.1, 0.15) is 21.9 Å². The summed E-state index contributed by atoms with van der Waals surface area (Å²) in [6, 6.07) is 1.63. The van der Waals surface area contributed by atoms with Crippen molar-refractivity contribution in [3.63, 3.8) is 0 Å². The van der Waals surface area contributed by atoms with Crippen molar-refractivity contribution in [2.45, 2.75) is 39.7 Å². The van der Waals surface area contributed by atoms with Gasteiger partial charge in [0.15, 0.2) is 0 Å². The van der Waals surface area contributed by atoms with Crippen LogP contribution in [-0.4, -0.2) is 22.6 Å². The lowest BCUT2D eigenvalue weighted by molar-refractivity contribution is 0.0599. The maximum atomic E-state index is 13.0. The number of carbonyl (C=O) groups is 1. The van der Waals surface area contributed by atoms with Crippen LogP contribution in [0.25, 0.3) is 10.2 Å². The van der Waals surface area contributed by atoms with Crippen molar-refractivity contribution in [3.05, 3.63) is 50.3 Å². The predicted molar refractivity (Wildman–Crippen MR) is 99.0 cm³/mol. The summed E-state index contributed by atoms with van der Waals surface area (Å²) in [7, 11) is 1.33. The number of thiophene rings is 1. The van der Waals surface area contributed by atoms with Crippen LogP contribution in [0.4, 0.5) is 0 Å². The largest absolute Gasteiger partial charge is 0.465 e. The molecule has 0 radical (unpaired) electrons. The molecule has 1 atom stereocenters. The van der Waals surface area contributed by atoms with Crippen LogP contribution in [0.2, 0.25) is 0 Å². The van der Waals surface area contributed by atoms with E-state index in [9.17, 15) is 9.59 Å². The van der Waals surface area contributed by atoms with Gasteiger partial charge in [-0.15, -0.1) is 11.3 Å². The molecular weight excluding hydrogens is 352 g/mol. The van der Waals surface area contributed by atoms with Gasteiger partial charge in [-0.05, 0) is 43.7 Å². The Labute approximate surface area is 154 Å². The number of nitrogens with zero attached hydrogens (tertiary/aromatic N) is 2. The van der Waals surface area contributed by atoms with Gasteiger partial charge in [-0.2, -0.15) is 0 Å². The third-order valence-electron chi connectivity index (χ3n) is 4.98. The number of furan rings is 1. The van der Waals surface area contributed by atoms with Gasteiger partial charge < -0.3 is 9.15 Å². The number of esters is 1. The molecule has 1 aliphatic carbocycles. The van der Waals surface area contributed by atoms with Gasteiger partial charge >= 0.3 is 5.97 Å². The molecular formula is C19H20N2O4S. The van der Waals surface area contributed by atoms with E-state index in [4.69, 9.17) is 9.15 Å². The lowest BCUT2D eigenvalue weighted by Crippen LogP contribution is -2.22. The third kappa shape index (κ3) is 2.76. The fraction of sp³-hybridized carbons (Fsp3) is 0.421. The van der Waals surface area contributed by atoms with E-state index in [1.807, 2.05) is 0 Å². The fourth-order valence-electron chi connectivity index (χ4n) is 3.58. The molecule has 136 valence electrons. The van der Waals surface area contributed by atoms with Crippen molar-refractivity contribution in [1.82, 2.24) is 9.55 Å². The van der Waals surface area contributed by atoms with E-state index in [0.717, 1.165) is 29.5 Å². The number of methoxy groups -OCH3 is 1. The number of ether oxygens (including phenoxy) is 1. The van der Waals surface area contributed by atoms with Crippen LogP contribution < -0.4 is 5.56 Å². The number of fused-ring (bicyclic) bond motifs is 3. The second kappa shape index (κ2) is 6.39. The van der Waals surface area contributed by atoms with Crippen LogP contribution in [0.3, 0.4) is 0 Å². The Morgan fingerprint density at radius 2 is 2.31 bits per heavy atom. The Balaban J connectivity index is 1.73. The molecule has 1 aliphatic rings. The number of hydrogen-bond acceptors (Lipinski definition) is 6. The summed E-state index contributed by atoms with van der Waals surface area (Å²) in [5.41, 5.74) is 1.50. The van der Waals surface area contributed by atoms with Crippen LogP contribution in [0, 0.1) is 12.8 Å². The molecule has 3 aromatic rings. The second-order valence-corrected chi connectivity index (χ2v) is 7.97. The van der Waals surface area contributed by atoms with Crippen molar-refractivity contribution in [1.29, 1.82) is 0 Å². The minimum atomic E-state index is -0.445. The SMILES string of the molecule is COC(=O)c1cc(Cn2cnc3sc4c(c3c2=O)CC[C@@H](C)C4)oc1C. The van der Waals surface area contributed by atoms with Crippen LogP contribution in [-0.2, 0) is 24.1 Å². The van der Waals surface area contributed by atoms with Gasteiger partial charge in [-0.3, -0.25) is 9.36 Å². The average molecular weight is 372 g/mol. The summed E-state index contributed by atoms with van der Waals surface area (Å²) in [5.74, 6) is 1.22. The van der Waals surface area contributed by atoms with Crippen LogP contribution in [0.1, 0.15) is 45.7 Å². The molecule has 26 heavy (non-hydrogen) atoms. The second-order valence-electron chi connectivity index (χ2n) is 6.88. The van der Waals surface area contributed by atoms with Crippen molar-refractivity contribution < 1.29 is 13.9 Å². The summed E-state index contributed by atoms with van der Waals surface area (Å²) >= 11 is 1.64. The van der Waals surface area contributed by atoms with Gasteiger partial charge in [-0.1, -0.05) is 6.92 Å². The van der Waals surface area contributed by atoms with E-state index in [0.29, 0.717) is 23.0 Å². The van der Waals surface area contributed by atoms with E-state index < -0.39 is 5.97 Å². The Morgan fingerprint density at radius 3 is 3.08 bits per heavy atom. The van der Waals surface area contributed by atoms with Crippen molar-refractivity contribution >= 4 is 27.5 Å². The number of rotatable bonds is 3. The van der Waals surface area contributed by atoms with E-state index in [-0.39, 0.29) is 12.1 Å². The first kappa shape index (κ1) is 17.0. The maximum Gasteiger partial charge on any atom is 0.341 e. The third-order valence-corrected chi connectivity index (χ3v) is 6.14.